The highest BCUT2D eigenvalue weighted by Gasteiger charge is 2.51. The minimum Gasteiger partial charge on any atom is -0.396 e. The van der Waals surface area contributed by atoms with Crippen LogP contribution in [0.3, 0.4) is 0 Å². The SMILES string of the molecule is CCO/N=C(\c1ccc(F)c(F)c1)c1ccc(CN2CC3(C2)CN(c2ccccn2)C3)cn1. The van der Waals surface area contributed by atoms with Gasteiger partial charge in [-0.1, -0.05) is 17.3 Å². The lowest BCUT2D eigenvalue weighted by Crippen LogP contribution is -2.72. The van der Waals surface area contributed by atoms with Gasteiger partial charge in [-0.2, -0.15) is 0 Å². The number of likely N-dealkylation sites (tertiary alicyclic amines) is 1. The molecule has 33 heavy (non-hydrogen) atoms. The molecule has 3 aromatic rings. The Morgan fingerprint density at radius 1 is 1.03 bits per heavy atom. The molecule has 4 heterocycles. The van der Waals surface area contributed by atoms with Crippen LogP contribution in [0.25, 0.3) is 0 Å². The third kappa shape index (κ3) is 4.43. The highest BCUT2D eigenvalue weighted by Crippen LogP contribution is 2.41. The average Bonchev–Trinajstić information content (AvgIpc) is 2.78. The third-order valence-corrected chi connectivity index (χ3v) is 6.10. The second-order valence-corrected chi connectivity index (χ2v) is 8.73. The number of nitrogens with zero attached hydrogens (tertiary/aromatic N) is 5. The molecule has 2 aliphatic heterocycles. The van der Waals surface area contributed by atoms with Crippen molar-refractivity contribution in [3.63, 3.8) is 0 Å². The van der Waals surface area contributed by atoms with Crippen LogP contribution >= 0.6 is 0 Å². The zero-order valence-electron chi connectivity index (χ0n) is 18.4. The van der Waals surface area contributed by atoms with Crippen LogP contribution in [-0.4, -0.2) is 53.4 Å². The number of pyridine rings is 2. The van der Waals surface area contributed by atoms with Gasteiger partial charge in [0.15, 0.2) is 11.6 Å². The molecule has 6 nitrogen and oxygen atoms in total. The highest BCUT2D eigenvalue weighted by molar-refractivity contribution is 6.11. The largest absolute Gasteiger partial charge is 0.396 e. The van der Waals surface area contributed by atoms with Crippen molar-refractivity contribution in [3.05, 3.63) is 89.4 Å². The van der Waals surface area contributed by atoms with Crippen molar-refractivity contribution in [1.82, 2.24) is 14.9 Å². The molecule has 5 rings (SSSR count). The van der Waals surface area contributed by atoms with Gasteiger partial charge in [0.05, 0.1) is 5.69 Å². The Hall–Kier alpha value is -3.39. The topological polar surface area (TPSA) is 53.9 Å². The van der Waals surface area contributed by atoms with Crippen LogP contribution in [0.15, 0.2) is 66.1 Å². The minimum absolute atomic E-state index is 0.361. The molecular weight excluding hydrogens is 424 g/mol. The Kier molecular flexibility index (Phi) is 5.76. The van der Waals surface area contributed by atoms with Crippen LogP contribution < -0.4 is 4.90 Å². The number of halogens is 2. The van der Waals surface area contributed by atoms with E-state index in [2.05, 4.69) is 31.0 Å². The summed E-state index contributed by atoms with van der Waals surface area (Å²) >= 11 is 0. The van der Waals surface area contributed by atoms with E-state index in [9.17, 15) is 8.78 Å². The summed E-state index contributed by atoms with van der Waals surface area (Å²) in [4.78, 5) is 18.9. The lowest BCUT2D eigenvalue weighted by atomic mass is 9.72. The Bertz CT molecular complexity index is 1140. The smallest absolute Gasteiger partial charge is 0.159 e. The van der Waals surface area contributed by atoms with Crippen molar-refractivity contribution >= 4 is 11.5 Å². The quantitative estimate of drug-likeness (QED) is 0.405. The summed E-state index contributed by atoms with van der Waals surface area (Å²) in [5.41, 5.74) is 2.79. The summed E-state index contributed by atoms with van der Waals surface area (Å²) in [5, 5.41) is 4.09. The van der Waals surface area contributed by atoms with Gasteiger partial charge in [0.25, 0.3) is 0 Å². The first-order chi connectivity index (χ1) is 16.0. The van der Waals surface area contributed by atoms with Crippen LogP contribution in [0.2, 0.25) is 0 Å². The Labute approximate surface area is 191 Å². The molecule has 0 N–H and O–H groups in total. The number of benzene rings is 1. The number of hydrogen-bond acceptors (Lipinski definition) is 6. The molecule has 0 saturated carbocycles. The standard InChI is InChI=1S/C25H25F2N5O/c1-2-33-30-24(19-7-8-20(26)21(27)11-19)22-9-6-18(12-29-22)13-31-14-25(15-31)16-32(17-25)23-5-3-4-10-28-23/h3-12H,2,13-17H2,1H3/b30-24+. The van der Waals surface area contributed by atoms with E-state index in [-0.39, 0.29) is 0 Å². The van der Waals surface area contributed by atoms with Gasteiger partial charge in [-0.15, -0.1) is 0 Å². The van der Waals surface area contributed by atoms with Crippen molar-refractivity contribution in [2.45, 2.75) is 13.5 Å². The minimum atomic E-state index is -0.933. The Balaban J connectivity index is 1.20. The van der Waals surface area contributed by atoms with Gasteiger partial charge >= 0.3 is 0 Å². The van der Waals surface area contributed by atoms with E-state index < -0.39 is 11.6 Å². The molecular formula is C25H25F2N5O. The van der Waals surface area contributed by atoms with Crippen molar-refractivity contribution in [3.8, 4) is 0 Å². The second kappa shape index (κ2) is 8.86. The van der Waals surface area contributed by atoms with Gasteiger partial charge in [0.2, 0.25) is 0 Å². The first-order valence-corrected chi connectivity index (χ1v) is 11.0. The normalized spacial score (nSPS) is 17.5. The zero-order chi connectivity index (χ0) is 22.8. The molecule has 170 valence electrons. The molecule has 0 bridgehead atoms. The summed E-state index contributed by atoms with van der Waals surface area (Å²) in [6, 6.07) is 13.5. The molecule has 0 aliphatic carbocycles. The van der Waals surface area contributed by atoms with Crippen LogP contribution in [0.5, 0.6) is 0 Å². The molecule has 8 heteroatoms. The maximum atomic E-state index is 13.7. The van der Waals surface area contributed by atoms with Crippen LogP contribution in [0, 0.1) is 17.0 Å². The zero-order valence-corrected chi connectivity index (χ0v) is 18.4. The summed E-state index contributed by atoms with van der Waals surface area (Å²) < 4.78 is 27.1. The van der Waals surface area contributed by atoms with E-state index in [1.165, 1.54) is 6.07 Å². The van der Waals surface area contributed by atoms with E-state index in [4.69, 9.17) is 4.84 Å². The second-order valence-electron chi connectivity index (χ2n) is 8.73. The Morgan fingerprint density at radius 3 is 2.55 bits per heavy atom. The first kappa shape index (κ1) is 21.5. The fraction of sp³-hybridized carbons (Fsp3) is 0.320. The fourth-order valence-corrected chi connectivity index (χ4v) is 4.62. The first-order valence-electron chi connectivity index (χ1n) is 11.0. The number of anilines is 1. The van der Waals surface area contributed by atoms with Crippen molar-refractivity contribution in [1.29, 1.82) is 0 Å². The molecule has 0 amide bonds. The fourth-order valence-electron chi connectivity index (χ4n) is 4.62. The maximum absolute atomic E-state index is 13.7. The molecule has 1 aromatic carbocycles. The van der Waals surface area contributed by atoms with E-state index in [0.717, 1.165) is 56.2 Å². The van der Waals surface area contributed by atoms with Gasteiger partial charge in [0.1, 0.15) is 18.1 Å². The van der Waals surface area contributed by atoms with Crippen molar-refractivity contribution < 1.29 is 13.6 Å². The summed E-state index contributed by atoms with van der Waals surface area (Å²) in [6.45, 7) is 7.20. The van der Waals surface area contributed by atoms with Crippen LogP contribution in [0.1, 0.15) is 23.7 Å². The van der Waals surface area contributed by atoms with Gasteiger partial charge in [-0.05, 0) is 48.9 Å². The Morgan fingerprint density at radius 2 is 1.88 bits per heavy atom. The summed E-state index contributed by atoms with van der Waals surface area (Å²) in [6.07, 6.45) is 3.64. The number of oxime groups is 1. The molecule has 0 radical (unpaired) electrons. The summed E-state index contributed by atoms with van der Waals surface area (Å²) in [7, 11) is 0. The molecule has 2 aromatic heterocycles. The van der Waals surface area contributed by atoms with E-state index in [1.54, 1.807) is 6.92 Å². The monoisotopic (exact) mass is 449 g/mol. The molecule has 2 aliphatic rings. The number of hydrogen-bond donors (Lipinski definition) is 0. The number of aromatic nitrogens is 2. The lowest BCUT2D eigenvalue weighted by molar-refractivity contribution is -0.0277. The van der Waals surface area contributed by atoms with E-state index in [1.807, 2.05) is 36.7 Å². The van der Waals surface area contributed by atoms with E-state index >= 15 is 0 Å². The van der Waals surface area contributed by atoms with Gasteiger partial charge in [-0.25, -0.2) is 13.8 Å². The third-order valence-electron chi connectivity index (χ3n) is 6.10. The lowest BCUT2D eigenvalue weighted by Gasteiger charge is -2.60. The van der Waals surface area contributed by atoms with Gasteiger partial charge < -0.3 is 9.74 Å². The summed E-state index contributed by atoms with van der Waals surface area (Å²) in [5.74, 6) is -0.788. The molecule has 1 spiro atoms. The predicted octanol–water partition coefficient (Wildman–Crippen LogP) is 3.87. The van der Waals surface area contributed by atoms with Crippen LogP contribution in [-0.2, 0) is 11.4 Å². The molecule has 0 atom stereocenters. The average molecular weight is 450 g/mol. The van der Waals surface area contributed by atoms with E-state index in [0.29, 0.717) is 29.0 Å². The van der Waals surface area contributed by atoms with Gasteiger partial charge in [-0.3, -0.25) is 9.88 Å². The molecule has 2 saturated heterocycles. The predicted molar refractivity (Wildman–Crippen MR) is 122 cm³/mol. The molecule has 0 unspecified atom stereocenters. The van der Waals surface area contributed by atoms with Crippen molar-refractivity contribution in [2.24, 2.45) is 10.6 Å². The van der Waals surface area contributed by atoms with Crippen molar-refractivity contribution in [2.75, 3.05) is 37.7 Å². The van der Waals surface area contributed by atoms with Gasteiger partial charge in [0, 0.05) is 56.1 Å². The maximum Gasteiger partial charge on any atom is 0.159 e. The molecule has 2 fully saturated rings. The number of rotatable bonds is 7. The van der Waals surface area contributed by atoms with Crippen LogP contribution in [0.4, 0.5) is 14.6 Å². The highest BCUT2D eigenvalue weighted by atomic mass is 19.2.